The van der Waals surface area contributed by atoms with Gasteiger partial charge in [-0.3, -0.25) is 4.99 Å². The van der Waals surface area contributed by atoms with Crippen LogP contribution in [0.2, 0.25) is 0 Å². The number of piperidine rings is 1. The van der Waals surface area contributed by atoms with Gasteiger partial charge in [-0.05, 0) is 55.8 Å². The molecule has 1 saturated heterocycles. The molecule has 0 bridgehead atoms. The van der Waals surface area contributed by atoms with E-state index in [1.807, 2.05) is 44.2 Å². The Morgan fingerprint density at radius 2 is 1.59 bits per heavy atom. The predicted molar refractivity (Wildman–Crippen MR) is 121 cm³/mol. The lowest BCUT2D eigenvalue weighted by Crippen LogP contribution is -2.57. The molecule has 1 spiro atoms. The summed E-state index contributed by atoms with van der Waals surface area (Å²) in [6.45, 7) is 6.39. The highest BCUT2D eigenvalue weighted by Gasteiger charge is 2.40. The third-order valence-corrected chi connectivity index (χ3v) is 6.36. The largest absolute Gasteiger partial charge is 0.371 e. The van der Waals surface area contributed by atoms with Gasteiger partial charge in [0.25, 0.3) is 0 Å². The Morgan fingerprint density at radius 1 is 0.966 bits per heavy atom. The van der Waals surface area contributed by atoms with Gasteiger partial charge in [0.1, 0.15) is 5.84 Å². The van der Waals surface area contributed by atoms with Gasteiger partial charge in [0.2, 0.25) is 0 Å². The van der Waals surface area contributed by atoms with Crippen molar-refractivity contribution < 1.29 is 8.42 Å². The molecule has 156 valence electrons. The SMILES string of the molecule is CC.CS(=O)(=O)c1ccc(CN=C2Nc3ccccc3NC23CCNCC3)cc1. The fourth-order valence-corrected chi connectivity index (χ4v) is 4.31. The number of aliphatic imine (C=N–C) groups is 1. The Labute approximate surface area is 173 Å². The first-order valence-electron chi connectivity index (χ1n) is 10.2. The molecule has 0 radical (unpaired) electrons. The standard InChI is InChI=1S/C20H24N4O2S.C2H6/c1-27(25,26)16-8-6-15(7-9-16)14-22-19-20(10-12-21-13-11-20)24-18-5-3-2-4-17(18)23-19;1-2/h2-9,21,24H,10-14H2,1H3,(H,22,23);1-2H3. The third kappa shape index (κ3) is 4.79. The van der Waals surface area contributed by atoms with Crippen molar-refractivity contribution in [2.45, 2.75) is 43.7 Å². The highest BCUT2D eigenvalue weighted by atomic mass is 32.2. The monoisotopic (exact) mass is 414 g/mol. The van der Waals surface area contributed by atoms with Gasteiger partial charge in [-0.2, -0.15) is 0 Å². The number of hydrogen-bond acceptors (Lipinski definition) is 5. The molecule has 2 aromatic carbocycles. The number of benzene rings is 2. The summed E-state index contributed by atoms with van der Waals surface area (Å²) in [7, 11) is -3.18. The van der Waals surface area contributed by atoms with Gasteiger partial charge in [-0.15, -0.1) is 0 Å². The van der Waals surface area contributed by atoms with Crippen LogP contribution in [0.25, 0.3) is 0 Å². The maximum absolute atomic E-state index is 11.6. The minimum Gasteiger partial charge on any atom is -0.371 e. The Bertz CT molecular complexity index is 963. The molecule has 3 N–H and O–H groups in total. The smallest absolute Gasteiger partial charge is 0.175 e. The predicted octanol–water partition coefficient (Wildman–Crippen LogP) is 3.67. The Morgan fingerprint density at radius 3 is 2.21 bits per heavy atom. The van der Waals surface area contributed by atoms with Crippen molar-refractivity contribution in [2.24, 2.45) is 4.99 Å². The first-order chi connectivity index (χ1) is 14.0. The number of nitrogens with zero attached hydrogens (tertiary/aromatic N) is 1. The number of sulfone groups is 1. The molecule has 29 heavy (non-hydrogen) atoms. The van der Waals surface area contributed by atoms with Crippen LogP contribution in [0.3, 0.4) is 0 Å². The molecule has 2 heterocycles. The average Bonchev–Trinajstić information content (AvgIpc) is 2.74. The zero-order valence-corrected chi connectivity index (χ0v) is 18.1. The highest BCUT2D eigenvalue weighted by molar-refractivity contribution is 7.90. The lowest BCUT2D eigenvalue weighted by Gasteiger charge is -2.44. The molecule has 2 aliphatic rings. The quantitative estimate of drug-likeness (QED) is 0.714. The summed E-state index contributed by atoms with van der Waals surface area (Å²) in [5, 5.41) is 10.7. The van der Waals surface area contributed by atoms with Crippen LogP contribution in [0.15, 0.2) is 58.4 Å². The molecule has 1 fully saturated rings. The molecule has 2 aliphatic heterocycles. The molecule has 4 rings (SSSR count). The van der Waals surface area contributed by atoms with Crippen LogP contribution in [0.4, 0.5) is 11.4 Å². The van der Waals surface area contributed by atoms with Crippen molar-refractivity contribution in [3.63, 3.8) is 0 Å². The molecule has 0 aliphatic carbocycles. The highest BCUT2D eigenvalue weighted by Crippen LogP contribution is 2.35. The van der Waals surface area contributed by atoms with Crippen LogP contribution in [-0.2, 0) is 16.4 Å². The molecule has 0 atom stereocenters. The van der Waals surface area contributed by atoms with Crippen LogP contribution >= 0.6 is 0 Å². The van der Waals surface area contributed by atoms with Crippen molar-refractivity contribution >= 4 is 27.0 Å². The van der Waals surface area contributed by atoms with Crippen LogP contribution in [0, 0.1) is 0 Å². The summed E-state index contributed by atoms with van der Waals surface area (Å²) in [5.74, 6) is 0.954. The van der Waals surface area contributed by atoms with Gasteiger partial charge in [0, 0.05) is 6.26 Å². The second kappa shape index (κ2) is 8.97. The first kappa shape index (κ1) is 21.3. The summed E-state index contributed by atoms with van der Waals surface area (Å²) in [4.78, 5) is 5.22. The van der Waals surface area contributed by atoms with Gasteiger partial charge in [0.15, 0.2) is 9.84 Å². The van der Waals surface area contributed by atoms with Crippen molar-refractivity contribution in [3.8, 4) is 0 Å². The number of anilines is 2. The Balaban J connectivity index is 0.00000117. The molecular weight excluding hydrogens is 384 g/mol. The summed E-state index contributed by atoms with van der Waals surface area (Å²) in [6, 6.07) is 15.1. The fraction of sp³-hybridized carbons (Fsp3) is 0.409. The van der Waals surface area contributed by atoms with Crippen LogP contribution in [-0.4, -0.2) is 39.1 Å². The lowest BCUT2D eigenvalue weighted by atomic mass is 9.84. The van der Waals surface area contributed by atoms with Gasteiger partial charge in [-0.1, -0.05) is 38.1 Å². The van der Waals surface area contributed by atoms with Crippen LogP contribution < -0.4 is 16.0 Å². The van der Waals surface area contributed by atoms with Gasteiger partial charge < -0.3 is 16.0 Å². The van der Waals surface area contributed by atoms with Crippen LogP contribution in [0.1, 0.15) is 32.3 Å². The maximum Gasteiger partial charge on any atom is 0.175 e. The van der Waals surface area contributed by atoms with Gasteiger partial charge in [0.05, 0.1) is 28.4 Å². The van der Waals surface area contributed by atoms with E-state index in [0.29, 0.717) is 11.4 Å². The van der Waals surface area contributed by atoms with E-state index < -0.39 is 9.84 Å². The van der Waals surface area contributed by atoms with Crippen LogP contribution in [0.5, 0.6) is 0 Å². The topological polar surface area (TPSA) is 82.6 Å². The molecular formula is C22H30N4O2S. The average molecular weight is 415 g/mol. The molecule has 6 nitrogen and oxygen atoms in total. The molecule has 0 aromatic heterocycles. The fourth-order valence-electron chi connectivity index (χ4n) is 3.68. The van der Waals surface area contributed by atoms with E-state index in [9.17, 15) is 8.42 Å². The van der Waals surface area contributed by atoms with Gasteiger partial charge >= 0.3 is 0 Å². The summed E-state index contributed by atoms with van der Waals surface area (Å²) >= 11 is 0. The van der Waals surface area contributed by atoms with E-state index in [-0.39, 0.29) is 5.54 Å². The minimum absolute atomic E-state index is 0.188. The summed E-state index contributed by atoms with van der Waals surface area (Å²) < 4.78 is 23.2. The Hall–Kier alpha value is -2.38. The molecule has 2 aromatic rings. The molecule has 0 amide bonds. The molecule has 0 unspecified atom stereocenters. The van der Waals surface area contributed by atoms with E-state index in [2.05, 4.69) is 22.0 Å². The zero-order chi connectivity index (χ0) is 20.9. The van der Waals surface area contributed by atoms with Crippen molar-refractivity contribution in [1.29, 1.82) is 0 Å². The van der Waals surface area contributed by atoms with E-state index in [1.165, 1.54) is 6.26 Å². The number of amidine groups is 1. The molecule has 7 heteroatoms. The van der Waals surface area contributed by atoms with E-state index >= 15 is 0 Å². The van der Waals surface area contributed by atoms with Gasteiger partial charge in [-0.25, -0.2) is 8.42 Å². The zero-order valence-electron chi connectivity index (χ0n) is 17.3. The minimum atomic E-state index is -3.18. The second-order valence-corrected chi connectivity index (χ2v) is 9.22. The summed E-state index contributed by atoms with van der Waals surface area (Å²) in [6.07, 6.45) is 3.14. The number of rotatable bonds is 3. The first-order valence-corrected chi connectivity index (χ1v) is 12.0. The number of para-hydroxylation sites is 2. The van der Waals surface area contributed by atoms with Crippen molar-refractivity contribution in [3.05, 3.63) is 54.1 Å². The van der Waals surface area contributed by atoms with E-state index in [1.54, 1.807) is 12.1 Å². The molecule has 0 saturated carbocycles. The van der Waals surface area contributed by atoms with Crippen molar-refractivity contribution in [1.82, 2.24) is 5.32 Å². The third-order valence-electron chi connectivity index (χ3n) is 5.24. The summed E-state index contributed by atoms with van der Waals surface area (Å²) in [5.41, 5.74) is 2.94. The number of nitrogens with one attached hydrogen (secondary N) is 3. The van der Waals surface area contributed by atoms with E-state index in [0.717, 1.165) is 48.7 Å². The van der Waals surface area contributed by atoms with E-state index in [4.69, 9.17) is 4.99 Å². The normalized spacial score (nSPS) is 18.8. The Kier molecular flexibility index (Phi) is 6.59. The maximum atomic E-state index is 11.6. The number of fused-ring (bicyclic) bond motifs is 1. The second-order valence-electron chi connectivity index (χ2n) is 7.21. The lowest BCUT2D eigenvalue weighted by molar-refractivity contribution is 0.419. The van der Waals surface area contributed by atoms with Crippen molar-refractivity contribution in [2.75, 3.05) is 30.0 Å². The number of hydrogen-bond donors (Lipinski definition) is 3.